The van der Waals surface area contributed by atoms with E-state index >= 15 is 0 Å². The van der Waals surface area contributed by atoms with Gasteiger partial charge in [-0.3, -0.25) is 5.04 Å². The van der Waals surface area contributed by atoms with Crippen LogP contribution < -0.4 is 34.8 Å². The SMILES string of the molecule is Cc1cccc(SOO[O-])c1.[Na+]. The van der Waals surface area contributed by atoms with Crippen molar-refractivity contribution in [1.82, 2.24) is 0 Å². The summed E-state index contributed by atoms with van der Waals surface area (Å²) in [6.07, 6.45) is 0. The Morgan fingerprint density at radius 1 is 1.42 bits per heavy atom. The predicted octanol–water partition coefficient (Wildman–Crippen LogP) is -1.77. The number of aryl methyl sites for hydroxylation is 1. The quantitative estimate of drug-likeness (QED) is 0.247. The van der Waals surface area contributed by atoms with Gasteiger partial charge in [0.25, 0.3) is 0 Å². The van der Waals surface area contributed by atoms with Gasteiger partial charge in [0.2, 0.25) is 0 Å². The third-order valence-electron chi connectivity index (χ3n) is 1.15. The molecule has 0 saturated carbocycles. The fourth-order valence-corrected chi connectivity index (χ4v) is 1.19. The molecule has 1 aromatic carbocycles. The molecule has 3 nitrogen and oxygen atoms in total. The van der Waals surface area contributed by atoms with Gasteiger partial charge < -0.3 is 5.26 Å². The summed E-state index contributed by atoms with van der Waals surface area (Å²) < 4.78 is 4.14. The van der Waals surface area contributed by atoms with Crippen LogP contribution in [-0.2, 0) is 9.37 Å². The largest absolute Gasteiger partial charge is 1.00 e. The maximum Gasteiger partial charge on any atom is 1.00 e. The van der Waals surface area contributed by atoms with Gasteiger partial charge in [0.15, 0.2) is 0 Å². The van der Waals surface area contributed by atoms with E-state index in [-0.39, 0.29) is 29.6 Å². The van der Waals surface area contributed by atoms with E-state index in [1.54, 1.807) is 0 Å². The molecule has 0 aliphatic carbocycles. The van der Waals surface area contributed by atoms with Crippen molar-refractivity contribution in [3.63, 3.8) is 0 Å². The van der Waals surface area contributed by atoms with Gasteiger partial charge in [-0.1, -0.05) is 12.1 Å². The number of hydrogen-bond acceptors (Lipinski definition) is 4. The summed E-state index contributed by atoms with van der Waals surface area (Å²) in [6.45, 7) is 1.96. The first-order chi connectivity index (χ1) is 5.33. The second kappa shape index (κ2) is 6.91. The average Bonchev–Trinajstić information content (AvgIpc) is 2.01. The van der Waals surface area contributed by atoms with Crippen molar-refractivity contribution < 1.29 is 44.2 Å². The number of rotatable bonds is 3. The summed E-state index contributed by atoms with van der Waals surface area (Å²) in [7, 11) is 0. The van der Waals surface area contributed by atoms with Gasteiger partial charge in [0, 0.05) is 4.90 Å². The molecule has 1 rings (SSSR count). The molecule has 12 heavy (non-hydrogen) atoms. The Balaban J connectivity index is 0.00000121. The minimum Gasteiger partial charge on any atom is -0.691 e. The molecule has 0 saturated heterocycles. The minimum absolute atomic E-state index is 0. The molecular formula is C7H7NaO3S. The summed E-state index contributed by atoms with van der Waals surface area (Å²) in [5.41, 5.74) is 1.12. The van der Waals surface area contributed by atoms with E-state index < -0.39 is 0 Å². The zero-order valence-electron chi connectivity index (χ0n) is 6.94. The first kappa shape index (κ1) is 12.4. The van der Waals surface area contributed by atoms with Crippen molar-refractivity contribution in [2.45, 2.75) is 11.8 Å². The van der Waals surface area contributed by atoms with Gasteiger partial charge in [-0.25, -0.2) is 0 Å². The number of hydrogen-bond donors (Lipinski definition) is 0. The van der Waals surface area contributed by atoms with Gasteiger partial charge in [0.1, 0.15) is 0 Å². The van der Waals surface area contributed by atoms with Gasteiger partial charge in [-0.2, -0.15) is 4.33 Å². The Bertz CT molecular complexity index is 232. The van der Waals surface area contributed by atoms with Crippen LogP contribution in [0.3, 0.4) is 0 Å². The van der Waals surface area contributed by atoms with E-state index in [4.69, 9.17) is 0 Å². The monoisotopic (exact) mass is 194 g/mol. The molecule has 0 N–H and O–H groups in total. The molecule has 0 radical (unpaired) electrons. The van der Waals surface area contributed by atoms with Crippen molar-refractivity contribution in [2.75, 3.05) is 0 Å². The van der Waals surface area contributed by atoms with Crippen LogP contribution in [0.5, 0.6) is 0 Å². The van der Waals surface area contributed by atoms with Crippen molar-refractivity contribution >= 4 is 12.0 Å². The van der Waals surface area contributed by atoms with Crippen LogP contribution in [0.15, 0.2) is 29.2 Å². The minimum atomic E-state index is 0. The first-order valence-electron chi connectivity index (χ1n) is 3.03. The number of benzene rings is 1. The topological polar surface area (TPSA) is 41.5 Å². The van der Waals surface area contributed by atoms with E-state index in [0.29, 0.717) is 0 Å². The second-order valence-electron chi connectivity index (χ2n) is 2.04. The molecule has 0 amide bonds. The maximum absolute atomic E-state index is 9.45. The maximum atomic E-state index is 9.45. The van der Waals surface area contributed by atoms with Crippen LogP contribution in [0.2, 0.25) is 0 Å². The van der Waals surface area contributed by atoms with E-state index in [9.17, 15) is 5.26 Å². The van der Waals surface area contributed by atoms with E-state index in [1.807, 2.05) is 31.2 Å². The summed E-state index contributed by atoms with van der Waals surface area (Å²) in [5, 5.41) is 12.6. The van der Waals surface area contributed by atoms with Crippen LogP contribution in [0.25, 0.3) is 0 Å². The molecular weight excluding hydrogens is 187 g/mol. The second-order valence-corrected chi connectivity index (χ2v) is 2.81. The summed E-state index contributed by atoms with van der Waals surface area (Å²) >= 11 is 0.900. The molecule has 0 atom stereocenters. The molecule has 60 valence electrons. The average molecular weight is 194 g/mol. The third-order valence-corrected chi connectivity index (χ3v) is 1.72. The van der Waals surface area contributed by atoms with Gasteiger partial charge in [0.05, 0.1) is 12.0 Å². The molecule has 0 aromatic heterocycles. The molecule has 5 heteroatoms. The fraction of sp³-hybridized carbons (Fsp3) is 0.143. The molecule has 0 aliphatic heterocycles. The molecule has 0 fully saturated rings. The van der Waals surface area contributed by atoms with Gasteiger partial charge in [-0.15, -0.1) is 0 Å². The zero-order valence-corrected chi connectivity index (χ0v) is 9.76. The summed E-state index contributed by atoms with van der Waals surface area (Å²) in [6, 6.07) is 7.56. The van der Waals surface area contributed by atoms with Gasteiger partial charge in [-0.05, 0) is 24.6 Å². The van der Waals surface area contributed by atoms with Crippen LogP contribution >= 0.6 is 12.0 Å². The van der Waals surface area contributed by atoms with E-state index in [0.717, 1.165) is 22.5 Å². The predicted molar refractivity (Wildman–Crippen MR) is 39.2 cm³/mol. The zero-order chi connectivity index (χ0) is 8.10. The van der Waals surface area contributed by atoms with Crippen molar-refractivity contribution in [1.29, 1.82) is 0 Å². The molecule has 1 aromatic rings. The molecule has 0 aliphatic rings. The Hall–Kier alpha value is 0.450. The van der Waals surface area contributed by atoms with Crippen LogP contribution in [0.1, 0.15) is 5.56 Å². The van der Waals surface area contributed by atoms with Crippen molar-refractivity contribution in [3.8, 4) is 0 Å². The summed E-state index contributed by atoms with van der Waals surface area (Å²) in [5.74, 6) is 0. The van der Waals surface area contributed by atoms with E-state index in [1.165, 1.54) is 0 Å². The Morgan fingerprint density at radius 3 is 2.75 bits per heavy atom. The standard InChI is InChI=1S/C7H8O3S.Na/c1-6-3-2-4-7(5-6)11-10-9-8;/h2-5,8H,1H3;/q;+1/p-1. The van der Waals surface area contributed by atoms with Gasteiger partial charge >= 0.3 is 29.6 Å². The molecule has 0 unspecified atom stereocenters. The molecule has 0 spiro atoms. The normalized spacial score (nSPS) is 9.17. The Labute approximate surface area is 97.4 Å². The smallest absolute Gasteiger partial charge is 0.691 e. The Morgan fingerprint density at radius 2 is 2.17 bits per heavy atom. The Kier molecular flexibility index (Phi) is 7.17. The fourth-order valence-electron chi connectivity index (χ4n) is 0.720. The molecule has 0 bridgehead atoms. The third kappa shape index (κ3) is 4.47. The van der Waals surface area contributed by atoms with Crippen molar-refractivity contribution in [3.05, 3.63) is 29.8 Å². The van der Waals surface area contributed by atoms with Crippen LogP contribution in [0, 0.1) is 6.92 Å². The van der Waals surface area contributed by atoms with Crippen LogP contribution in [-0.4, -0.2) is 0 Å². The molecule has 0 heterocycles. The van der Waals surface area contributed by atoms with Crippen LogP contribution in [0.4, 0.5) is 0 Å². The first-order valence-corrected chi connectivity index (χ1v) is 3.77. The van der Waals surface area contributed by atoms with Crippen molar-refractivity contribution in [2.24, 2.45) is 0 Å². The van der Waals surface area contributed by atoms with E-state index in [2.05, 4.69) is 9.37 Å². The summed E-state index contributed by atoms with van der Waals surface area (Å²) in [4.78, 5) is 0.848.